The van der Waals surface area contributed by atoms with Crippen LogP contribution in [0.5, 0.6) is 5.75 Å². The number of rotatable bonds is 6. The molecule has 1 aliphatic rings. The Balaban J connectivity index is 1.83. The summed E-state index contributed by atoms with van der Waals surface area (Å²) in [5.41, 5.74) is 8.22. The number of anilines is 1. The van der Waals surface area contributed by atoms with Crippen molar-refractivity contribution >= 4 is 17.6 Å². The quantitative estimate of drug-likeness (QED) is 0.420. The Morgan fingerprint density at radius 1 is 0.875 bits per heavy atom. The minimum atomic E-state index is -4.80. The lowest BCUT2D eigenvalue weighted by Gasteiger charge is -2.35. The molecule has 1 aliphatic heterocycles. The summed E-state index contributed by atoms with van der Waals surface area (Å²) in [6.45, 7) is 0. The molecule has 3 aromatic carbocycles. The van der Waals surface area contributed by atoms with E-state index in [0.29, 0.717) is 22.4 Å². The number of esters is 2. The van der Waals surface area contributed by atoms with E-state index in [1.807, 2.05) is 0 Å². The topological polar surface area (TPSA) is 115 Å². The fraction of sp³-hybridized carbons (Fsp3) is 0.138. The van der Waals surface area contributed by atoms with E-state index in [1.54, 1.807) is 54.6 Å². The Morgan fingerprint density at radius 3 is 1.93 bits per heavy atom. The maximum absolute atomic E-state index is 13.1. The molecule has 0 radical (unpaired) electrons. The average molecular weight is 550 g/mol. The molecule has 0 fully saturated rings. The van der Waals surface area contributed by atoms with E-state index >= 15 is 0 Å². The number of nitrogens with zero attached hydrogens (tertiary/aromatic N) is 2. The van der Waals surface area contributed by atoms with Gasteiger partial charge in [-0.1, -0.05) is 54.6 Å². The van der Waals surface area contributed by atoms with Crippen molar-refractivity contribution in [2.24, 2.45) is 5.73 Å². The average Bonchev–Trinajstić information content (AvgIpc) is 2.95. The van der Waals surface area contributed by atoms with Crippen molar-refractivity contribution in [3.05, 3.63) is 107 Å². The maximum atomic E-state index is 13.1. The van der Waals surface area contributed by atoms with Crippen molar-refractivity contribution < 1.29 is 37.0 Å². The number of allylic oxidation sites excluding steroid dienone is 1. The number of benzene rings is 3. The van der Waals surface area contributed by atoms with Gasteiger partial charge in [-0.2, -0.15) is 5.26 Å². The molecule has 11 heteroatoms. The van der Waals surface area contributed by atoms with Crippen molar-refractivity contribution in [1.29, 1.82) is 5.26 Å². The van der Waals surface area contributed by atoms with Gasteiger partial charge in [-0.15, -0.1) is 13.2 Å². The van der Waals surface area contributed by atoms with E-state index in [2.05, 4.69) is 10.8 Å². The highest BCUT2D eigenvalue weighted by molar-refractivity contribution is 6.06. The number of alkyl halides is 3. The van der Waals surface area contributed by atoms with Crippen molar-refractivity contribution in [2.45, 2.75) is 12.3 Å². The lowest BCUT2D eigenvalue weighted by Crippen LogP contribution is -2.40. The first-order valence-corrected chi connectivity index (χ1v) is 11.7. The monoisotopic (exact) mass is 549 g/mol. The molecule has 1 heterocycles. The third-order valence-corrected chi connectivity index (χ3v) is 6.16. The Hall–Kier alpha value is -5.24. The van der Waals surface area contributed by atoms with E-state index in [-0.39, 0.29) is 28.4 Å². The Bertz CT molecular complexity index is 1520. The van der Waals surface area contributed by atoms with Crippen LogP contribution in [0, 0.1) is 11.3 Å². The van der Waals surface area contributed by atoms with Crippen molar-refractivity contribution in [1.82, 2.24) is 0 Å². The van der Waals surface area contributed by atoms with Crippen molar-refractivity contribution in [3.63, 3.8) is 0 Å². The standard InChI is InChI=1S/C29H22F3N3O5/c1-38-27(36)24-23(19-6-4-3-5-7-19)22(16-33)26(34)35(25(24)28(37)39-2)20-12-8-17(9-13-20)18-10-14-21(15-11-18)40-29(30,31)32/h3-15,23H,34H2,1-2H3. The van der Waals surface area contributed by atoms with Crippen molar-refractivity contribution in [3.8, 4) is 22.9 Å². The van der Waals surface area contributed by atoms with Crippen molar-refractivity contribution in [2.75, 3.05) is 19.1 Å². The first kappa shape index (κ1) is 27.8. The SMILES string of the molecule is COC(=O)C1=C(C(=O)OC)N(c2ccc(-c3ccc(OC(F)(F)F)cc3)cc2)C(N)=C(C#N)C1c1ccccc1. The Labute approximate surface area is 227 Å². The molecule has 0 spiro atoms. The summed E-state index contributed by atoms with van der Waals surface area (Å²) in [5, 5.41) is 10.1. The second-order valence-corrected chi connectivity index (χ2v) is 8.45. The fourth-order valence-corrected chi connectivity index (χ4v) is 4.43. The molecule has 0 aromatic heterocycles. The molecule has 204 valence electrons. The largest absolute Gasteiger partial charge is 0.573 e. The molecule has 1 unspecified atom stereocenters. The van der Waals surface area contributed by atoms with Crippen LogP contribution in [0.3, 0.4) is 0 Å². The molecule has 2 N–H and O–H groups in total. The summed E-state index contributed by atoms with van der Waals surface area (Å²) in [5.74, 6) is -3.19. The third kappa shape index (κ3) is 5.47. The number of hydrogen-bond acceptors (Lipinski definition) is 8. The molecule has 1 atom stereocenters. The molecular formula is C29H22F3N3O5. The third-order valence-electron chi connectivity index (χ3n) is 6.16. The summed E-state index contributed by atoms with van der Waals surface area (Å²) in [4.78, 5) is 27.5. The summed E-state index contributed by atoms with van der Waals surface area (Å²) >= 11 is 0. The normalized spacial score (nSPS) is 15.4. The Kier molecular flexibility index (Phi) is 7.81. The molecule has 0 saturated carbocycles. The van der Waals surface area contributed by atoms with Crippen LogP contribution in [-0.4, -0.2) is 32.5 Å². The zero-order chi connectivity index (χ0) is 29.0. The van der Waals surface area contributed by atoms with Gasteiger partial charge < -0.3 is 19.9 Å². The second kappa shape index (κ2) is 11.2. The number of hydrogen-bond donors (Lipinski definition) is 1. The predicted octanol–water partition coefficient (Wildman–Crippen LogP) is 5.15. The number of halogens is 3. The summed E-state index contributed by atoms with van der Waals surface area (Å²) < 4.78 is 51.4. The van der Waals surface area contributed by atoms with Crippen LogP contribution in [0.25, 0.3) is 11.1 Å². The number of nitriles is 1. The van der Waals surface area contributed by atoms with Gasteiger partial charge >= 0.3 is 18.3 Å². The molecule has 8 nitrogen and oxygen atoms in total. The highest BCUT2D eigenvalue weighted by atomic mass is 19.4. The first-order valence-electron chi connectivity index (χ1n) is 11.7. The lowest BCUT2D eigenvalue weighted by atomic mass is 9.81. The lowest BCUT2D eigenvalue weighted by molar-refractivity contribution is -0.274. The molecule has 0 saturated heterocycles. The van der Waals surface area contributed by atoms with Crippen LogP contribution in [0.15, 0.2) is 102 Å². The number of methoxy groups -OCH3 is 2. The highest BCUT2D eigenvalue weighted by Gasteiger charge is 2.43. The summed E-state index contributed by atoms with van der Waals surface area (Å²) in [6, 6.07) is 22.4. The highest BCUT2D eigenvalue weighted by Crippen LogP contribution is 2.43. The zero-order valence-electron chi connectivity index (χ0n) is 21.2. The minimum Gasteiger partial charge on any atom is -0.466 e. The van der Waals surface area contributed by atoms with E-state index in [4.69, 9.17) is 15.2 Å². The molecule has 40 heavy (non-hydrogen) atoms. The molecular weight excluding hydrogens is 527 g/mol. The summed E-state index contributed by atoms with van der Waals surface area (Å²) in [6.07, 6.45) is -4.80. The van der Waals surface area contributed by atoms with Gasteiger partial charge in [-0.3, -0.25) is 4.90 Å². The van der Waals surface area contributed by atoms with Gasteiger partial charge in [0, 0.05) is 5.69 Å². The van der Waals surface area contributed by atoms with Gasteiger partial charge in [0.25, 0.3) is 0 Å². The molecule has 4 rings (SSSR count). The smallest absolute Gasteiger partial charge is 0.466 e. The molecule has 0 amide bonds. The van der Waals surface area contributed by atoms with E-state index in [0.717, 1.165) is 14.2 Å². The van der Waals surface area contributed by atoms with Crippen LogP contribution in [0.2, 0.25) is 0 Å². The van der Waals surface area contributed by atoms with Gasteiger partial charge in [-0.05, 0) is 41.0 Å². The van der Waals surface area contributed by atoms with Crippen LogP contribution >= 0.6 is 0 Å². The van der Waals surface area contributed by atoms with Crippen LogP contribution in [0.4, 0.5) is 18.9 Å². The van der Waals surface area contributed by atoms with Gasteiger partial charge in [0.05, 0.1) is 37.4 Å². The Morgan fingerprint density at radius 2 is 1.43 bits per heavy atom. The minimum absolute atomic E-state index is 0.0172. The van der Waals surface area contributed by atoms with Gasteiger partial charge in [0.2, 0.25) is 0 Å². The van der Waals surface area contributed by atoms with E-state index in [1.165, 1.54) is 29.2 Å². The maximum Gasteiger partial charge on any atom is 0.573 e. The van der Waals surface area contributed by atoms with Crippen LogP contribution in [0.1, 0.15) is 11.5 Å². The molecule has 3 aromatic rings. The predicted molar refractivity (Wildman–Crippen MR) is 138 cm³/mol. The number of carbonyl (C=O) groups is 2. The fourth-order valence-electron chi connectivity index (χ4n) is 4.43. The molecule has 0 bridgehead atoms. The number of ether oxygens (including phenoxy) is 3. The van der Waals surface area contributed by atoms with Gasteiger partial charge in [0.1, 0.15) is 17.3 Å². The van der Waals surface area contributed by atoms with Gasteiger partial charge in [0.15, 0.2) is 0 Å². The first-order chi connectivity index (χ1) is 19.1. The van der Waals surface area contributed by atoms with Gasteiger partial charge in [-0.25, -0.2) is 9.59 Å². The van der Waals surface area contributed by atoms with E-state index in [9.17, 15) is 28.0 Å². The second-order valence-electron chi connectivity index (χ2n) is 8.45. The van der Waals surface area contributed by atoms with E-state index < -0.39 is 24.2 Å². The van der Waals surface area contributed by atoms with Crippen LogP contribution in [-0.2, 0) is 19.1 Å². The van der Waals surface area contributed by atoms with Crippen LogP contribution < -0.4 is 15.4 Å². The number of carbonyl (C=O) groups excluding carboxylic acids is 2. The number of nitrogens with two attached hydrogens (primary N) is 1. The zero-order valence-corrected chi connectivity index (χ0v) is 21.2. The molecule has 0 aliphatic carbocycles. The summed E-state index contributed by atoms with van der Waals surface area (Å²) in [7, 11) is 2.30.